The molecule has 18 heavy (non-hydrogen) atoms. The van der Waals surface area contributed by atoms with Crippen LogP contribution in [0.25, 0.3) is 0 Å². The lowest BCUT2D eigenvalue weighted by molar-refractivity contribution is -0.132. The lowest BCUT2D eigenvalue weighted by Gasteiger charge is -2.31. The minimum absolute atomic E-state index is 0.210. The molecule has 1 amide bonds. The zero-order valence-electron chi connectivity index (χ0n) is 9.99. The van der Waals surface area contributed by atoms with Crippen LogP contribution in [0.2, 0.25) is 0 Å². The van der Waals surface area contributed by atoms with Gasteiger partial charge in [0.05, 0.1) is 19.1 Å². The van der Waals surface area contributed by atoms with Gasteiger partial charge < -0.3 is 0 Å². The van der Waals surface area contributed by atoms with Crippen LogP contribution in [-0.4, -0.2) is 33.8 Å². The summed E-state index contributed by atoms with van der Waals surface area (Å²) in [6, 6.07) is 7.11. The number of hydrogen-bond donors (Lipinski definition) is 0. The number of benzene rings is 1. The Kier molecular flexibility index (Phi) is 3.38. The number of hydrogen-bond acceptors (Lipinski definition) is 5. The molecular weight excluding hydrogens is 258 g/mol. The summed E-state index contributed by atoms with van der Waals surface area (Å²) in [6.45, 7) is 0. The lowest BCUT2D eigenvalue weighted by Crippen LogP contribution is -2.45. The average molecular weight is 271 g/mol. The van der Waals surface area contributed by atoms with Crippen molar-refractivity contribution in [2.24, 2.45) is 0 Å². The Bertz CT molecular complexity index is 569. The molecular formula is C11H13NO5S. The van der Waals surface area contributed by atoms with E-state index >= 15 is 0 Å². The van der Waals surface area contributed by atoms with E-state index in [1.807, 2.05) is 0 Å². The van der Waals surface area contributed by atoms with E-state index in [1.165, 1.54) is 7.11 Å². The maximum atomic E-state index is 12.0. The molecule has 0 spiro atoms. The summed E-state index contributed by atoms with van der Waals surface area (Å²) in [5.41, 5.74) is 1.41. The van der Waals surface area contributed by atoms with E-state index in [4.69, 9.17) is 9.02 Å². The maximum Gasteiger partial charge on any atom is 0.281 e. The molecule has 0 saturated heterocycles. The fraction of sp³-hybridized carbons (Fsp3) is 0.364. The molecule has 0 radical (unpaired) electrons. The van der Waals surface area contributed by atoms with Crippen LogP contribution in [0.1, 0.15) is 5.56 Å². The molecule has 0 N–H and O–H groups in total. The molecule has 1 heterocycles. The molecule has 0 saturated carbocycles. The van der Waals surface area contributed by atoms with Crippen LogP contribution in [0.4, 0.5) is 5.69 Å². The Labute approximate surface area is 105 Å². The van der Waals surface area contributed by atoms with Gasteiger partial charge in [0.2, 0.25) is 0 Å². The lowest BCUT2D eigenvalue weighted by atomic mass is 10.0. The number of hydroxylamine groups is 1. The van der Waals surface area contributed by atoms with Crippen LogP contribution in [0.3, 0.4) is 0 Å². The largest absolute Gasteiger partial charge is 0.281 e. The molecule has 1 atom stereocenters. The zero-order chi connectivity index (χ0) is 13.3. The van der Waals surface area contributed by atoms with Crippen molar-refractivity contribution < 1.29 is 22.2 Å². The van der Waals surface area contributed by atoms with Crippen LogP contribution in [-0.2, 0) is 30.4 Å². The Morgan fingerprint density at radius 2 is 2.00 bits per heavy atom. The first-order chi connectivity index (χ1) is 8.42. The fourth-order valence-corrected chi connectivity index (χ4v) is 2.46. The van der Waals surface area contributed by atoms with E-state index in [0.717, 1.165) is 16.9 Å². The molecule has 1 aliphatic rings. The minimum Gasteiger partial charge on any atom is -0.269 e. The minimum atomic E-state index is -3.69. The number of nitrogens with zero attached hydrogens (tertiary/aromatic N) is 1. The van der Waals surface area contributed by atoms with Crippen LogP contribution >= 0.6 is 0 Å². The van der Waals surface area contributed by atoms with Crippen LogP contribution < -0.4 is 5.06 Å². The number of rotatable bonds is 3. The van der Waals surface area contributed by atoms with Gasteiger partial charge in [-0.05, 0) is 11.6 Å². The zero-order valence-corrected chi connectivity index (χ0v) is 10.8. The predicted molar refractivity (Wildman–Crippen MR) is 64.4 cm³/mol. The van der Waals surface area contributed by atoms with E-state index in [9.17, 15) is 13.2 Å². The normalized spacial score (nSPS) is 19.8. The maximum absolute atomic E-state index is 12.0. The second-order valence-electron chi connectivity index (χ2n) is 3.94. The number of amides is 1. The number of carbonyl (C=O) groups excluding carboxylic acids is 1. The summed E-state index contributed by atoms with van der Waals surface area (Å²) < 4.78 is 27.0. The van der Waals surface area contributed by atoms with Crippen molar-refractivity contribution in [3.63, 3.8) is 0 Å². The highest BCUT2D eigenvalue weighted by atomic mass is 32.2. The standard InChI is InChI=1S/C11H13NO5S/c1-16-12-9-6-4-3-5-8(9)7-10(11(12)13)17-18(2,14)15/h3-6,10H,7H2,1-2H3. The Morgan fingerprint density at radius 1 is 1.33 bits per heavy atom. The second-order valence-corrected chi connectivity index (χ2v) is 5.54. The van der Waals surface area contributed by atoms with Crippen molar-refractivity contribution in [2.75, 3.05) is 18.4 Å². The number of carbonyl (C=O) groups is 1. The predicted octanol–water partition coefficient (Wildman–Crippen LogP) is 0.482. The van der Waals surface area contributed by atoms with Gasteiger partial charge in [-0.1, -0.05) is 18.2 Å². The third-order valence-electron chi connectivity index (χ3n) is 2.56. The van der Waals surface area contributed by atoms with E-state index in [1.54, 1.807) is 24.3 Å². The Balaban J connectivity index is 2.37. The highest BCUT2D eigenvalue weighted by molar-refractivity contribution is 7.86. The molecule has 1 aliphatic heterocycles. The van der Waals surface area contributed by atoms with Crippen LogP contribution in [0, 0.1) is 0 Å². The first kappa shape index (κ1) is 13.0. The molecule has 98 valence electrons. The van der Waals surface area contributed by atoms with Gasteiger partial charge in [-0.3, -0.25) is 13.8 Å². The number of anilines is 1. The van der Waals surface area contributed by atoms with Crippen molar-refractivity contribution in [3.05, 3.63) is 29.8 Å². The molecule has 7 heteroatoms. The van der Waals surface area contributed by atoms with E-state index < -0.39 is 22.1 Å². The third-order valence-corrected chi connectivity index (χ3v) is 3.15. The van der Waals surface area contributed by atoms with Gasteiger partial charge >= 0.3 is 0 Å². The molecule has 0 aromatic heterocycles. The smallest absolute Gasteiger partial charge is 0.269 e. The molecule has 1 aromatic carbocycles. The Morgan fingerprint density at radius 3 is 2.61 bits per heavy atom. The van der Waals surface area contributed by atoms with Gasteiger partial charge in [-0.15, -0.1) is 0 Å². The summed E-state index contributed by atoms with van der Waals surface area (Å²) >= 11 is 0. The molecule has 1 unspecified atom stereocenters. The monoisotopic (exact) mass is 271 g/mol. The van der Waals surface area contributed by atoms with Gasteiger partial charge in [-0.25, -0.2) is 0 Å². The second kappa shape index (κ2) is 4.68. The molecule has 1 aromatic rings. The summed E-state index contributed by atoms with van der Waals surface area (Å²) in [5, 5.41) is 1.05. The molecule has 0 fully saturated rings. The number of fused-ring (bicyclic) bond motifs is 1. The van der Waals surface area contributed by atoms with Gasteiger partial charge in [0, 0.05) is 6.42 Å². The summed E-state index contributed by atoms with van der Waals surface area (Å²) in [5.74, 6) is -0.526. The first-order valence-electron chi connectivity index (χ1n) is 5.26. The molecule has 0 aliphatic carbocycles. The van der Waals surface area contributed by atoms with Gasteiger partial charge in [0.25, 0.3) is 16.0 Å². The summed E-state index contributed by atoms with van der Waals surface area (Å²) in [6.07, 6.45) is 0.0507. The summed E-state index contributed by atoms with van der Waals surface area (Å²) in [7, 11) is -2.35. The van der Waals surface area contributed by atoms with Crippen molar-refractivity contribution >= 4 is 21.7 Å². The van der Waals surface area contributed by atoms with E-state index in [0.29, 0.717) is 5.69 Å². The quantitative estimate of drug-likeness (QED) is 0.748. The van der Waals surface area contributed by atoms with E-state index in [2.05, 4.69) is 0 Å². The Hall–Kier alpha value is -1.44. The first-order valence-corrected chi connectivity index (χ1v) is 7.08. The average Bonchev–Trinajstić information content (AvgIpc) is 2.28. The van der Waals surface area contributed by atoms with Crippen molar-refractivity contribution in [3.8, 4) is 0 Å². The third kappa shape index (κ3) is 2.53. The highest BCUT2D eigenvalue weighted by Crippen LogP contribution is 2.29. The van der Waals surface area contributed by atoms with Crippen molar-refractivity contribution in [1.29, 1.82) is 0 Å². The van der Waals surface area contributed by atoms with E-state index in [-0.39, 0.29) is 6.42 Å². The van der Waals surface area contributed by atoms with Crippen LogP contribution in [0.15, 0.2) is 24.3 Å². The molecule has 0 bridgehead atoms. The highest BCUT2D eigenvalue weighted by Gasteiger charge is 2.36. The van der Waals surface area contributed by atoms with Gasteiger partial charge in [-0.2, -0.15) is 13.5 Å². The fourth-order valence-electron chi connectivity index (χ4n) is 1.89. The molecule has 6 nitrogen and oxygen atoms in total. The SMILES string of the molecule is CON1C(=O)C(OS(C)(=O)=O)Cc2ccccc21. The van der Waals surface area contributed by atoms with Gasteiger partial charge in [0.1, 0.15) is 0 Å². The van der Waals surface area contributed by atoms with Crippen LogP contribution in [0.5, 0.6) is 0 Å². The van der Waals surface area contributed by atoms with Crippen molar-refractivity contribution in [1.82, 2.24) is 0 Å². The van der Waals surface area contributed by atoms with Gasteiger partial charge in [0.15, 0.2) is 6.10 Å². The number of para-hydroxylation sites is 1. The topological polar surface area (TPSA) is 72.9 Å². The molecule has 2 rings (SSSR count). The van der Waals surface area contributed by atoms with Crippen molar-refractivity contribution in [2.45, 2.75) is 12.5 Å². The summed E-state index contributed by atoms with van der Waals surface area (Å²) in [4.78, 5) is 17.0.